The van der Waals surface area contributed by atoms with Crippen molar-refractivity contribution in [1.82, 2.24) is 24.1 Å². The summed E-state index contributed by atoms with van der Waals surface area (Å²) in [7, 11) is -2.29. The smallest absolute Gasteiger partial charge is 0.246 e. The minimum Gasteiger partial charge on any atom is -0.495 e. The Morgan fingerprint density at radius 1 is 1.03 bits per heavy atom. The van der Waals surface area contributed by atoms with E-state index in [-0.39, 0.29) is 10.6 Å². The van der Waals surface area contributed by atoms with Crippen molar-refractivity contribution in [3.63, 3.8) is 0 Å². The molecule has 1 fully saturated rings. The Hall–Kier alpha value is -2.69. The molecule has 0 radical (unpaired) electrons. The number of anilines is 1. The lowest BCUT2D eigenvalue weighted by Gasteiger charge is -2.34. The summed E-state index contributed by atoms with van der Waals surface area (Å²) in [6.45, 7) is 3.54. The Balaban J connectivity index is 1.51. The van der Waals surface area contributed by atoms with Crippen molar-refractivity contribution >= 4 is 27.4 Å². The van der Waals surface area contributed by atoms with E-state index < -0.39 is 10.0 Å². The molecule has 0 N–H and O–H groups in total. The standard InChI is InChI=1S/C19H21ClN6O3S/c1-14-5-6-26(23-14)19-12-18(21-13-22-19)24-7-9-25(10-8-24)30(27,28)17-11-15(20)3-4-16(17)29-2/h3-6,11-13H,7-10H2,1-2H3. The molecule has 0 unspecified atom stereocenters. The number of ether oxygens (including phenoxy) is 1. The summed E-state index contributed by atoms with van der Waals surface area (Å²) in [6.07, 6.45) is 3.33. The zero-order chi connectivity index (χ0) is 21.3. The predicted octanol–water partition coefficient (Wildman–Crippen LogP) is 2.14. The fourth-order valence-electron chi connectivity index (χ4n) is 3.33. The van der Waals surface area contributed by atoms with Gasteiger partial charge in [0.05, 0.1) is 12.8 Å². The molecule has 1 aliphatic rings. The molecular formula is C19H21ClN6O3S. The van der Waals surface area contributed by atoms with Crippen molar-refractivity contribution in [3.8, 4) is 11.6 Å². The molecule has 158 valence electrons. The van der Waals surface area contributed by atoms with Gasteiger partial charge in [0.25, 0.3) is 0 Å². The zero-order valence-electron chi connectivity index (χ0n) is 16.6. The van der Waals surface area contributed by atoms with Crippen LogP contribution in [0.25, 0.3) is 5.82 Å². The Morgan fingerprint density at radius 3 is 2.43 bits per heavy atom. The van der Waals surface area contributed by atoms with Crippen molar-refractivity contribution < 1.29 is 13.2 Å². The lowest BCUT2D eigenvalue weighted by molar-refractivity contribution is 0.373. The van der Waals surface area contributed by atoms with Gasteiger partial charge in [-0.2, -0.15) is 9.40 Å². The first-order chi connectivity index (χ1) is 14.4. The molecule has 1 saturated heterocycles. The van der Waals surface area contributed by atoms with Gasteiger partial charge in [0.1, 0.15) is 22.8 Å². The third-order valence-electron chi connectivity index (χ3n) is 4.90. The predicted molar refractivity (Wildman–Crippen MR) is 113 cm³/mol. The van der Waals surface area contributed by atoms with E-state index in [1.54, 1.807) is 16.8 Å². The third kappa shape index (κ3) is 3.98. The quantitative estimate of drug-likeness (QED) is 0.590. The van der Waals surface area contributed by atoms with E-state index in [2.05, 4.69) is 15.1 Å². The van der Waals surface area contributed by atoms with Crippen molar-refractivity contribution in [1.29, 1.82) is 0 Å². The second-order valence-corrected chi connectivity index (χ2v) is 9.17. The van der Waals surface area contributed by atoms with Crippen LogP contribution in [0, 0.1) is 6.92 Å². The molecule has 3 aromatic rings. The summed E-state index contributed by atoms with van der Waals surface area (Å²) in [5.41, 5.74) is 0.894. The van der Waals surface area contributed by atoms with Crippen LogP contribution in [0.4, 0.5) is 5.82 Å². The van der Waals surface area contributed by atoms with Crippen LogP contribution in [-0.2, 0) is 10.0 Å². The maximum absolute atomic E-state index is 13.1. The second kappa shape index (κ2) is 8.21. The highest BCUT2D eigenvalue weighted by atomic mass is 35.5. The summed E-state index contributed by atoms with van der Waals surface area (Å²) >= 11 is 6.02. The first-order valence-corrected chi connectivity index (χ1v) is 11.1. The van der Waals surface area contributed by atoms with E-state index in [1.165, 1.54) is 23.8 Å². The van der Waals surface area contributed by atoms with Gasteiger partial charge in [-0.15, -0.1) is 0 Å². The Labute approximate surface area is 179 Å². The highest BCUT2D eigenvalue weighted by Gasteiger charge is 2.31. The van der Waals surface area contributed by atoms with E-state index in [0.717, 1.165) is 11.5 Å². The molecule has 1 aromatic carbocycles. The van der Waals surface area contributed by atoms with Gasteiger partial charge in [0.2, 0.25) is 10.0 Å². The zero-order valence-corrected chi connectivity index (χ0v) is 18.1. The highest BCUT2D eigenvalue weighted by Crippen LogP contribution is 2.30. The van der Waals surface area contributed by atoms with E-state index in [9.17, 15) is 8.42 Å². The molecule has 0 spiro atoms. The number of aromatic nitrogens is 4. The van der Waals surface area contributed by atoms with Gasteiger partial charge in [-0.3, -0.25) is 0 Å². The summed E-state index contributed by atoms with van der Waals surface area (Å²) < 4.78 is 34.6. The van der Waals surface area contributed by atoms with Crippen molar-refractivity contribution in [3.05, 3.63) is 53.6 Å². The molecule has 0 atom stereocenters. The van der Waals surface area contributed by atoms with Crippen LogP contribution in [0.1, 0.15) is 5.69 Å². The van der Waals surface area contributed by atoms with Crippen LogP contribution in [0.2, 0.25) is 5.02 Å². The molecule has 11 heteroatoms. The van der Waals surface area contributed by atoms with Crippen LogP contribution in [-0.4, -0.2) is 65.8 Å². The number of aryl methyl sites for hydroxylation is 1. The third-order valence-corrected chi connectivity index (χ3v) is 7.06. The normalized spacial score (nSPS) is 15.4. The van der Waals surface area contributed by atoms with Crippen molar-refractivity contribution in [2.45, 2.75) is 11.8 Å². The number of hydrogen-bond acceptors (Lipinski definition) is 7. The minimum atomic E-state index is -3.73. The van der Waals surface area contributed by atoms with Crippen molar-refractivity contribution in [2.75, 3.05) is 38.2 Å². The molecule has 0 aliphatic carbocycles. The average molecular weight is 449 g/mol. The molecule has 30 heavy (non-hydrogen) atoms. The lowest BCUT2D eigenvalue weighted by Crippen LogP contribution is -2.49. The first kappa shape index (κ1) is 20.6. The van der Waals surface area contributed by atoms with Crippen LogP contribution in [0.15, 0.2) is 47.8 Å². The van der Waals surface area contributed by atoms with Gasteiger partial charge in [-0.05, 0) is 31.2 Å². The van der Waals surface area contributed by atoms with Gasteiger partial charge in [0.15, 0.2) is 5.82 Å². The van der Waals surface area contributed by atoms with Crippen LogP contribution in [0.3, 0.4) is 0 Å². The van der Waals surface area contributed by atoms with Crippen LogP contribution < -0.4 is 9.64 Å². The first-order valence-electron chi connectivity index (χ1n) is 9.32. The summed E-state index contributed by atoms with van der Waals surface area (Å²) in [4.78, 5) is 10.7. The lowest BCUT2D eigenvalue weighted by atomic mass is 10.3. The molecule has 9 nitrogen and oxygen atoms in total. The SMILES string of the molecule is COc1ccc(Cl)cc1S(=O)(=O)N1CCN(c2cc(-n3ccc(C)n3)ncn2)CC1. The molecular weight excluding hydrogens is 428 g/mol. The van der Waals surface area contributed by atoms with E-state index in [1.807, 2.05) is 30.2 Å². The largest absolute Gasteiger partial charge is 0.495 e. The summed E-state index contributed by atoms with van der Waals surface area (Å²) in [5.74, 6) is 1.66. The number of benzene rings is 1. The number of hydrogen-bond donors (Lipinski definition) is 0. The maximum atomic E-state index is 13.1. The monoisotopic (exact) mass is 448 g/mol. The number of nitrogens with zero attached hydrogens (tertiary/aromatic N) is 6. The maximum Gasteiger partial charge on any atom is 0.246 e. The number of piperazine rings is 1. The molecule has 4 rings (SSSR count). The van der Waals surface area contributed by atoms with Gasteiger partial charge in [-0.1, -0.05) is 11.6 Å². The van der Waals surface area contributed by atoms with E-state index in [4.69, 9.17) is 16.3 Å². The molecule has 3 heterocycles. The Morgan fingerprint density at radius 2 is 1.77 bits per heavy atom. The van der Waals surface area contributed by atoms with Gasteiger partial charge >= 0.3 is 0 Å². The molecule has 0 amide bonds. The molecule has 0 saturated carbocycles. The van der Waals surface area contributed by atoms with Crippen molar-refractivity contribution in [2.24, 2.45) is 0 Å². The van der Waals surface area contributed by atoms with E-state index >= 15 is 0 Å². The van der Waals surface area contributed by atoms with Crippen LogP contribution >= 0.6 is 11.6 Å². The average Bonchev–Trinajstić information content (AvgIpc) is 3.20. The number of rotatable bonds is 5. The second-order valence-electron chi connectivity index (χ2n) is 6.82. The fourth-order valence-corrected chi connectivity index (χ4v) is 5.17. The topological polar surface area (TPSA) is 93.5 Å². The minimum absolute atomic E-state index is 0.0734. The van der Waals surface area contributed by atoms with E-state index in [0.29, 0.717) is 37.0 Å². The summed E-state index contributed by atoms with van der Waals surface area (Å²) in [6, 6.07) is 8.33. The molecule has 2 aromatic heterocycles. The molecule has 0 bridgehead atoms. The fraction of sp³-hybridized carbons (Fsp3) is 0.316. The Kier molecular flexibility index (Phi) is 5.63. The van der Waals surface area contributed by atoms with Gasteiger partial charge in [-0.25, -0.2) is 23.1 Å². The number of halogens is 1. The Bertz CT molecular complexity index is 1160. The highest BCUT2D eigenvalue weighted by molar-refractivity contribution is 7.89. The van der Waals surface area contributed by atoms with Crippen LogP contribution in [0.5, 0.6) is 5.75 Å². The summed E-state index contributed by atoms with van der Waals surface area (Å²) in [5, 5.41) is 4.71. The van der Waals surface area contributed by atoms with Gasteiger partial charge in [0, 0.05) is 43.5 Å². The molecule has 1 aliphatic heterocycles. The van der Waals surface area contributed by atoms with Gasteiger partial charge < -0.3 is 9.64 Å². The number of methoxy groups -OCH3 is 1. The number of sulfonamides is 1.